The number of halogens is 1. The van der Waals surface area contributed by atoms with Gasteiger partial charge in [-0.05, 0) is 36.5 Å². The van der Waals surface area contributed by atoms with Crippen molar-refractivity contribution in [3.63, 3.8) is 0 Å². The lowest BCUT2D eigenvalue weighted by Crippen LogP contribution is -2.21. The second-order valence-electron chi connectivity index (χ2n) is 5.20. The highest BCUT2D eigenvalue weighted by molar-refractivity contribution is 6.32. The van der Waals surface area contributed by atoms with E-state index in [0.717, 1.165) is 35.7 Å². The summed E-state index contributed by atoms with van der Waals surface area (Å²) in [7, 11) is 2.02. The Bertz CT molecular complexity index is 513. The Labute approximate surface area is 118 Å². The van der Waals surface area contributed by atoms with E-state index in [-0.39, 0.29) is 0 Å². The Balaban J connectivity index is 2.23. The molecule has 1 fully saturated rings. The second-order valence-corrected chi connectivity index (χ2v) is 5.60. The summed E-state index contributed by atoms with van der Waals surface area (Å²) in [6, 6.07) is 5.64. The van der Waals surface area contributed by atoms with E-state index in [1.54, 1.807) is 12.1 Å². The van der Waals surface area contributed by atoms with Crippen molar-refractivity contribution in [3.8, 4) is 0 Å². The van der Waals surface area contributed by atoms with Crippen molar-refractivity contribution in [2.24, 2.45) is 11.8 Å². The molecule has 0 amide bonds. The number of anilines is 1. The Kier molecular flexibility index (Phi) is 4.15. The third kappa shape index (κ3) is 3.51. The van der Waals surface area contributed by atoms with Gasteiger partial charge in [0.1, 0.15) is 0 Å². The third-order valence-electron chi connectivity index (χ3n) is 3.62. The fraction of sp³-hybridized carbons (Fsp3) is 0.400. The second kappa shape index (κ2) is 5.66. The summed E-state index contributed by atoms with van der Waals surface area (Å²) in [5, 5.41) is 9.32. The number of carboxylic acid groups (broad SMARTS) is 1. The number of carbonyl (C=O) groups is 1. The van der Waals surface area contributed by atoms with Crippen LogP contribution in [0.5, 0.6) is 0 Å². The summed E-state index contributed by atoms with van der Waals surface area (Å²) in [4.78, 5) is 12.8. The highest BCUT2D eigenvalue weighted by Gasteiger charge is 2.33. The van der Waals surface area contributed by atoms with Gasteiger partial charge in [-0.1, -0.05) is 24.6 Å². The Morgan fingerprint density at radius 3 is 2.84 bits per heavy atom. The molecule has 1 saturated carbocycles. The smallest absolute Gasteiger partial charge is 0.328 e. The van der Waals surface area contributed by atoms with Crippen LogP contribution < -0.4 is 4.90 Å². The van der Waals surface area contributed by atoms with Gasteiger partial charge in [-0.2, -0.15) is 0 Å². The zero-order valence-electron chi connectivity index (χ0n) is 11.1. The molecule has 102 valence electrons. The molecule has 1 aromatic rings. The molecule has 2 atom stereocenters. The van der Waals surface area contributed by atoms with Gasteiger partial charge in [-0.15, -0.1) is 0 Å². The maximum Gasteiger partial charge on any atom is 0.328 e. The largest absolute Gasteiger partial charge is 0.478 e. The van der Waals surface area contributed by atoms with Crippen LogP contribution in [-0.4, -0.2) is 24.7 Å². The zero-order chi connectivity index (χ0) is 14.0. The lowest BCUT2D eigenvalue weighted by atomic mass is 10.1. The fourth-order valence-electron chi connectivity index (χ4n) is 2.28. The zero-order valence-corrected chi connectivity index (χ0v) is 11.9. The van der Waals surface area contributed by atoms with Crippen molar-refractivity contribution in [2.45, 2.75) is 13.3 Å². The van der Waals surface area contributed by atoms with Crippen LogP contribution in [0.15, 0.2) is 24.3 Å². The van der Waals surface area contributed by atoms with E-state index < -0.39 is 5.97 Å². The first-order valence-corrected chi connectivity index (χ1v) is 6.77. The van der Waals surface area contributed by atoms with E-state index in [0.29, 0.717) is 5.02 Å². The average molecular weight is 280 g/mol. The molecule has 2 unspecified atom stereocenters. The Hall–Kier alpha value is -1.48. The molecule has 0 radical (unpaired) electrons. The Morgan fingerprint density at radius 2 is 2.26 bits per heavy atom. The number of nitrogens with zero attached hydrogens (tertiary/aromatic N) is 1. The van der Waals surface area contributed by atoms with E-state index >= 15 is 0 Å². The first-order chi connectivity index (χ1) is 8.99. The quantitative estimate of drug-likeness (QED) is 0.838. The predicted octanol–water partition coefficient (Wildman–Crippen LogP) is 3.53. The minimum atomic E-state index is -0.968. The van der Waals surface area contributed by atoms with Gasteiger partial charge in [0.05, 0.1) is 0 Å². The molecular weight excluding hydrogens is 262 g/mol. The van der Waals surface area contributed by atoms with Gasteiger partial charge >= 0.3 is 5.97 Å². The van der Waals surface area contributed by atoms with Gasteiger partial charge in [0.2, 0.25) is 0 Å². The van der Waals surface area contributed by atoms with E-state index in [1.165, 1.54) is 6.42 Å². The fourth-order valence-corrected chi connectivity index (χ4v) is 2.51. The molecule has 1 N–H and O–H groups in total. The maximum absolute atomic E-state index is 10.7. The van der Waals surface area contributed by atoms with Gasteiger partial charge < -0.3 is 10.0 Å². The van der Waals surface area contributed by atoms with Crippen LogP contribution in [0.25, 0.3) is 6.08 Å². The monoisotopic (exact) mass is 279 g/mol. The third-order valence-corrected chi connectivity index (χ3v) is 3.95. The minimum absolute atomic E-state index is 0.575. The van der Waals surface area contributed by atoms with Gasteiger partial charge in [0.25, 0.3) is 0 Å². The van der Waals surface area contributed by atoms with Gasteiger partial charge in [0, 0.05) is 35.9 Å². The molecule has 1 aromatic carbocycles. The molecule has 19 heavy (non-hydrogen) atoms. The van der Waals surface area contributed by atoms with E-state index in [2.05, 4.69) is 11.8 Å². The number of aliphatic carboxylic acids is 1. The van der Waals surface area contributed by atoms with Gasteiger partial charge in [-0.3, -0.25) is 0 Å². The molecular formula is C15H18ClNO2. The standard InChI is InChI=1S/C15H18ClNO2/c1-10-8-11(10)9-17(2)14-5-3-4-13(16)12(14)6-7-15(18)19/h3-7,10-11H,8-9H2,1-2H3,(H,18,19). The molecule has 3 nitrogen and oxygen atoms in total. The molecule has 0 aromatic heterocycles. The average Bonchev–Trinajstić information content (AvgIpc) is 3.02. The predicted molar refractivity (Wildman–Crippen MR) is 78.7 cm³/mol. The highest BCUT2D eigenvalue weighted by atomic mass is 35.5. The van der Waals surface area contributed by atoms with Crippen molar-refractivity contribution in [1.29, 1.82) is 0 Å². The number of hydrogen-bond donors (Lipinski definition) is 1. The summed E-state index contributed by atoms with van der Waals surface area (Å²) in [5.74, 6) is 0.560. The minimum Gasteiger partial charge on any atom is -0.478 e. The summed E-state index contributed by atoms with van der Waals surface area (Å²) < 4.78 is 0. The van der Waals surface area contributed by atoms with Crippen LogP contribution in [-0.2, 0) is 4.79 Å². The van der Waals surface area contributed by atoms with Crippen LogP contribution in [0.3, 0.4) is 0 Å². The van der Waals surface area contributed by atoms with Gasteiger partial charge in [0.15, 0.2) is 0 Å². The van der Waals surface area contributed by atoms with Crippen molar-refractivity contribution in [1.82, 2.24) is 0 Å². The first-order valence-electron chi connectivity index (χ1n) is 6.39. The molecule has 0 aliphatic heterocycles. The molecule has 1 aliphatic rings. The lowest BCUT2D eigenvalue weighted by Gasteiger charge is -2.22. The summed E-state index contributed by atoms with van der Waals surface area (Å²) >= 11 is 6.17. The summed E-state index contributed by atoms with van der Waals surface area (Å²) in [6.45, 7) is 3.23. The molecule has 1 aliphatic carbocycles. The SMILES string of the molecule is CC1CC1CN(C)c1cccc(Cl)c1C=CC(=O)O. The normalized spacial score (nSPS) is 21.6. The van der Waals surface area contributed by atoms with Crippen molar-refractivity contribution >= 4 is 29.3 Å². The number of hydrogen-bond acceptors (Lipinski definition) is 2. The molecule has 0 saturated heterocycles. The van der Waals surface area contributed by atoms with Crippen molar-refractivity contribution in [2.75, 3.05) is 18.5 Å². The van der Waals surface area contributed by atoms with Crippen LogP contribution in [0.2, 0.25) is 5.02 Å². The number of carboxylic acids is 1. The molecule has 0 bridgehead atoms. The van der Waals surface area contributed by atoms with E-state index in [9.17, 15) is 4.79 Å². The van der Waals surface area contributed by atoms with Crippen molar-refractivity contribution < 1.29 is 9.90 Å². The summed E-state index contributed by atoms with van der Waals surface area (Å²) in [6.07, 6.45) is 3.95. The van der Waals surface area contributed by atoms with E-state index in [1.807, 2.05) is 19.2 Å². The van der Waals surface area contributed by atoms with Crippen LogP contribution in [0.1, 0.15) is 18.9 Å². The molecule has 4 heteroatoms. The van der Waals surface area contributed by atoms with Crippen molar-refractivity contribution in [3.05, 3.63) is 34.9 Å². The van der Waals surface area contributed by atoms with Gasteiger partial charge in [-0.25, -0.2) is 4.79 Å². The topological polar surface area (TPSA) is 40.5 Å². The Morgan fingerprint density at radius 1 is 1.58 bits per heavy atom. The lowest BCUT2D eigenvalue weighted by molar-refractivity contribution is -0.131. The van der Waals surface area contributed by atoms with E-state index in [4.69, 9.17) is 16.7 Å². The molecule has 0 heterocycles. The van der Waals surface area contributed by atoms with Crippen LogP contribution in [0, 0.1) is 11.8 Å². The number of benzene rings is 1. The van der Waals surface area contributed by atoms with Crippen LogP contribution in [0.4, 0.5) is 5.69 Å². The maximum atomic E-state index is 10.7. The molecule has 2 rings (SSSR count). The summed E-state index contributed by atoms with van der Waals surface area (Å²) in [5.41, 5.74) is 1.74. The van der Waals surface area contributed by atoms with Crippen LogP contribution >= 0.6 is 11.6 Å². The molecule has 0 spiro atoms. The highest BCUT2D eigenvalue weighted by Crippen LogP contribution is 2.39. The number of rotatable bonds is 5. The first kappa shape index (κ1) is 13.9.